The molecule has 0 aromatic heterocycles. The predicted octanol–water partition coefficient (Wildman–Crippen LogP) is 5.80. The Morgan fingerprint density at radius 2 is 1.72 bits per heavy atom. The van der Waals surface area contributed by atoms with Gasteiger partial charge in [-0.25, -0.2) is 0 Å². The van der Waals surface area contributed by atoms with E-state index in [2.05, 4.69) is 76.2 Å². The topological polar surface area (TPSA) is 20.2 Å². The highest BCUT2D eigenvalue weighted by Gasteiger charge is 2.33. The number of benzene rings is 2. The molecule has 25 heavy (non-hydrogen) atoms. The maximum absolute atomic E-state index is 10.5. The zero-order chi connectivity index (χ0) is 18.0. The minimum absolute atomic E-state index is 0.0617. The summed E-state index contributed by atoms with van der Waals surface area (Å²) in [5.74, 6) is 1.70. The smallest absolute Gasteiger partial charge is 0.0608 e. The summed E-state index contributed by atoms with van der Waals surface area (Å²) < 4.78 is 0. The molecule has 2 unspecified atom stereocenters. The van der Waals surface area contributed by atoms with E-state index in [-0.39, 0.29) is 11.5 Å². The monoisotopic (exact) mass is 335 g/mol. The molecule has 2 aromatic rings. The zero-order valence-corrected chi connectivity index (χ0v) is 16.0. The van der Waals surface area contributed by atoms with Crippen LogP contribution in [0.3, 0.4) is 0 Å². The highest BCUT2D eigenvalue weighted by molar-refractivity contribution is 5.49. The van der Waals surface area contributed by atoms with Crippen molar-refractivity contribution in [2.24, 2.45) is 0 Å². The van der Waals surface area contributed by atoms with Crippen molar-refractivity contribution >= 4 is 0 Å². The molecule has 1 heteroatoms. The highest BCUT2D eigenvalue weighted by atomic mass is 16.3. The van der Waals surface area contributed by atoms with Gasteiger partial charge in [0.15, 0.2) is 0 Å². The molecule has 1 aliphatic rings. The standard InChI is InChI=1S/C24H31O/c1-17(16-18-10-6-5-7-11-18)19-12-8-14-21(23(19)24(2,3)4)20-13-9-15-22(20)25/h5-8,10-12,14,20,22,25H,9,13,15-16H2,1-4H3. The Balaban J connectivity index is 2.01. The van der Waals surface area contributed by atoms with Gasteiger partial charge in [0.2, 0.25) is 0 Å². The van der Waals surface area contributed by atoms with Gasteiger partial charge < -0.3 is 5.11 Å². The van der Waals surface area contributed by atoms with E-state index in [9.17, 15) is 5.11 Å². The number of hydrogen-bond donors (Lipinski definition) is 1. The Kier molecular flexibility index (Phi) is 5.34. The Morgan fingerprint density at radius 3 is 2.32 bits per heavy atom. The Morgan fingerprint density at radius 1 is 1.00 bits per heavy atom. The van der Waals surface area contributed by atoms with E-state index >= 15 is 0 Å². The second-order valence-electron chi connectivity index (χ2n) is 8.57. The van der Waals surface area contributed by atoms with E-state index in [0.717, 1.165) is 25.7 Å². The van der Waals surface area contributed by atoms with Crippen LogP contribution in [0, 0.1) is 5.92 Å². The Bertz CT molecular complexity index is 696. The zero-order valence-electron chi connectivity index (χ0n) is 16.0. The maximum atomic E-state index is 10.5. The molecule has 2 atom stereocenters. The van der Waals surface area contributed by atoms with Gasteiger partial charge in [-0.3, -0.25) is 0 Å². The quantitative estimate of drug-likeness (QED) is 0.749. The van der Waals surface area contributed by atoms with Gasteiger partial charge in [-0.2, -0.15) is 0 Å². The van der Waals surface area contributed by atoms with E-state index < -0.39 is 0 Å². The fourth-order valence-corrected chi connectivity index (χ4v) is 4.37. The first-order valence-corrected chi connectivity index (χ1v) is 9.56. The molecule has 1 saturated carbocycles. The molecule has 1 nitrogen and oxygen atoms in total. The average Bonchev–Trinajstić information content (AvgIpc) is 3.00. The van der Waals surface area contributed by atoms with Crippen LogP contribution in [0.4, 0.5) is 0 Å². The third kappa shape index (κ3) is 3.98. The molecule has 2 aromatic carbocycles. The van der Waals surface area contributed by atoms with Crippen molar-refractivity contribution in [3.8, 4) is 0 Å². The molecule has 1 N–H and O–H groups in total. The molecule has 0 aliphatic heterocycles. The molecule has 1 fully saturated rings. The summed E-state index contributed by atoms with van der Waals surface area (Å²) in [6.07, 6.45) is 3.95. The Hall–Kier alpha value is -1.60. The fraction of sp³-hybridized carbons (Fsp3) is 0.458. The van der Waals surface area contributed by atoms with Crippen LogP contribution in [0.25, 0.3) is 0 Å². The second-order valence-corrected chi connectivity index (χ2v) is 8.57. The molecule has 0 saturated heterocycles. The lowest BCUT2D eigenvalue weighted by Gasteiger charge is -2.32. The van der Waals surface area contributed by atoms with Crippen molar-refractivity contribution in [3.63, 3.8) is 0 Å². The van der Waals surface area contributed by atoms with Crippen LogP contribution in [0.5, 0.6) is 0 Å². The van der Waals surface area contributed by atoms with Gasteiger partial charge in [0.25, 0.3) is 0 Å². The largest absolute Gasteiger partial charge is 0.392 e. The Labute approximate surface area is 153 Å². The third-order valence-electron chi connectivity index (χ3n) is 5.50. The predicted molar refractivity (Wildman–Crippen MR) is 106 cm³/mol. The molecular weight excluding hydrogens is 304 g/mol. The van der Waals surface area contributed by atoms with Crippen molar-refractivity contribution in [3.05, 3.63) is 76.7 Å². The van der Waals surface area contributed by atoms with Crippen LogP contribution >= 0.6 is 0 Å². The molecule has 0 amide bonds. The lowest BCUT2D eigenvalue weighted by atomic mass is 9.73. The first-order valence-electron chi connectivity index (χ1n) is 9.56. The summed E-state index contributed by atoms with van der Waals surface area (Å²) in [4.78, 5) is 0. The van der Waals surface area contributed by atoms with Crippen LogP contribution in [0.2, 0.25) is 0 Å². The van der Waals surface area contributed by atoms with Crippen molar-refractivity contribution in [1.29, 1.82) is 0 Å². The van der Waals surface area contributed by atoms with Gasteiger partial charge in [0, 0.05) is 11.8 Å². The van der Waals surface area contributed by atoms with Gasteiger partial charge in [-0.1, -0.05) is 82.6 Å². The second kappa shape index (κ2) is 7.33. The minimum atomic E-state index is -0.189. The number of aliphatic hydroxyl groups excluding tert-OH is 1. The van der Waals surface area contributed by atoms with Crippen molar-refractivity contribution in [1.82, 2.24) is 0 Å². The third-order valence-corrected chi connectivity index (χ3v) is 5.50. The molecule has 133 valence electrons. The highest BCUT2D eigenvalue weighted by Crippen LogP contribution is 2.42. The number of aliphatic hydroxyl groups is 1. The molecule has 3 rings (SSSR count). The molecule has 1 radical (unpaired) electrons. The summed E-state index contributed by atoms with van der Waals surface area (Å²) in [5, 5.41) is 10.5. The van der Waals surface area contributed by atoms with Gasteiger partial charge >= 0.3 is 0 Å². The van der Waals surface area contributed by atoms with Crippen LogP contribution in [0.1, 0.15) is 75.1 Å². The molecule has 1 aliphatic carbocycles. The maximum Gasteiger partial charge on any atom is 0.0608 e. The molecular formula is C24H31O. The molecule has 0 spiro atoms. The summed E-state index contributed by atoms with van der Waals surface area (Å²) in [5.41, 5.74) is 5.57. The van der Waals surface area contributed by atoms with E-state index in [1.54, 1.807) is 0 Å². The van der Waals surface area contributed by atoms with Crippen molar-refractivity contribution in [2.45, 2.75) is 70.8 Å². The van der Waals surface area contributed by atoms with E-state index in [0.29, 0.717) is 5.92 Å². The van der Waals surface area contributed by atoms with Crippen LogP contribution in [-0.2, 0) is 11.8 Å². The van der Waals surface area contributed by atoms with Crippen molar-refractivity contribution < 1.29 is 5.11 Å². The van der Waals surface area contributed by atoms with E-state index in [4.69, 9.17) is 0 Å². The van der Waals surface area contributed by atoms with E-state index in [1.165, 1.54) is 28.2 Å². The van der Waals surface area contributed by atoms with Crippen molar-refractivity contribution in [2.75, 3.05) is 0 Å². The van der Waals surface area contributed by atoms with Crippen LogP contribution in [-0.4, -0.2) is 11.2 Å². The average molecular weight is 336 g/mol. The molecule has 0 heterocycles. The lowest BCUT2D eigenvalue weighted by molar-refractivity contribution is 0.163. The number of rotatable bonds is 4. The van der Waals surface area contributed by atoms with Crippen LogP contribution in [0.15, 0.2) is 48.5 Å². The molecule has 0 bridgehead atoms. The van der Waals surface area contributed by atoms with Gasteiger partial charge in [-0.05, 0) is 46.9 Å². The summed E-state index contributed by atoms with van der Waals surface area (Å²) in [6.45, 7) is 9.15. The minimum Gasteiger partial charge on any atom is -0.392 e. The first kappa shape index (κ1) is 18.2. The first-order chi connectivity index (χ1) is 11.9. The summed E-state index contributed by atoms with van der Waals surface area (Å²) in [7, 11) is 0. The van der Waals surface area contributed by atoms with Gasteiger partial charge in [0.05, 0.1) is 6.10 Å². The lowest BCUT2D eigenvalue weighted by Crippen LogP contribution is -2.23. The SMILES string of the molecule is C[C](Cc1ccccc1)c1cccc(C2CCCC2O)c1C(C)(C)C. The van der Waals surface area contributed by atoms with Crippen LogP contribution < -0.4 is 0 Å². The summed E-state index contributed by atoms with van der Waals surface area (Å²) >= 11 is 0. The van der Waals surface area contributed by atoms with Gasteiger partial charge in [0.1, 0.15) is 0 Å². The van der Waals surface area contributed by atoms with Gasteiger partial charge in [-0.15, -0.1) is 0 Å². The number of hydrogen-bond acceptors (Lipinski definition) is 1. The normalized spacial score (nSPS) is 21.0. The fourth-order valence-electron chi connectivity index (χ4n) is 4.37. The summed E-state index contributed by atoms with van der Waals surface area (Å²) in [6, 6.07) is 17.4. The van der Waals surface area contributed by atoms with E-state index in [1.807, 2.05) is 0 Å².